The van der Waals surface area contributed by atoms with Crippen LogP contribution in [-0.4, -0.2) is 71.8 Å². The van der Waals surface area contributed by atoms with Crippen LogP contribution in [0.1, 0.15) is 40.7 Å². The SMILES string of the molecule is O=C1CCC(N2Cc3c(CNCC4CNC5CCN4C5)cccc3C2=O)C(=O)N1. The molecule has 8 heteroatoms. The lowest BCUT2D eigenvalue weighted by Crippen LogP contribution is -2.53. The Kier molecular flexibility index (Phi) is 4.85. The minimum Gasteiger partial charge on any atom is -0.322 e. The van der Waals surface area contributed by atoms with Crippen LogP contribution in [0.15, 0.2) is 18.2 Å². The molecular formula is C21H27N5O3. The monoisotopic (exact) mass is 397 g/mol. The summed E-state index contributed by atoms with van der Waals surface area (Å²) >= 11 is 0. The van der Waals surface area contributed by atoms with E-state index < -0.39 is 6.04 Å². The molecule has 0 aromatic heterocycles. The molecule has 4 atom stereocenters. The molecule has 5 rings (SSSR count). The third-order valence-corrected chi connectivity index (χ3v) is 6.75. The Morgan fingerprint density at radius 3 is 2.93 bits per heavy atom. The van der Waals surface area contributed by atoms with E-state index >= 15 is 0 Å². The van der Waals surface area contributed by atoms with Crippen molar-refractivity contribution in [2.24, 2.45) is 0 Å². The van der Waals surface area contributed by atoms with Crippen molar-refractivity contribution in [3.05, 3.63) is 34.9 Å². The van der Waals surface area contributed by atoms with Gasteiger partial charge >= 0.3 is 0 Å². The molecule has 0 saturated carbocycles. The fourth-order valence-electron chi connectivity index (χ4n) is 5.11. The molecule has 4 heterocycles. The number of benzene rings is 1. The van der Waals surface area contributed by atoms with Crippen LogP contribution in [0.2, 0.25) is 0 Å². The highest BCUT2D eigenvalue weighted by molar-refractivity contribution is 6.05. The van der Waals surface area contributed by atoms with Crippen molar-refractivity contribution >= 4 is 17.7 Å². The van der Waals surface area contributed by atoms with Crippen LogP contribution in [-0.2, 0) is 22.7 Å². The van der Waals surface area contributed by atoms with Gasteiger partial charge in [0.1, 0.15) is 6.04 Å². The van der Waals surface area contributed by atoms with E-state index in [1.165, 1.54) is 13.0 Å². The lowest BCUT2D eigenvalue weighted by Gasteiger charge is -2.33. The fourth-order valence-corrected chi connectivity index (χ4v) is 5.11. The summed E-state index contributed by atoms with van der Waals surface area (Å²) in [6, 6.07) is 6.40. The van der Waals surface area contributed by atoms with Crippen molar-refractivity contribution in [2.75, 3.05) is 26.2 Å². The number of nitrogens with zero attached hydrogens (tertiary/aromatic N) is 2. The van der Waals surface area contributed by atoms with Crippen molar-refractivity contribution in [3.8, 4) is 0 Å². The van der Waals surface area contributed by atoms with E-state index in [2.05, 4.69) is 26.9 Å². The number of amides is 3. The molecule has 3 fully saturated rings. The standard InChI is InChI=1S/C21H27N5O3/c27-19-5-4-18(20(28)24-19)26-12-17-13(2-1-3-16(17)21(26)29)8-22-9-15-10-23-14-6-7-25(15)11-14/h1-3,14-15,18,22-23H,4-12H2,(H,24,27,28). The average Bonchev–Trinajstić information content (AvgIpc) is 3.25. The maximum Gasteiger partial charge on any atom is 0.255 e. The zero-order chi connectivity index (χ0) is 20.0. The average molecular weight is 397 g/mol. The molecular weight excluding hydrogens is 370 g/mol. The lowest BCUT2D eigenvalue weighted by atomic mass is 10.0. The van der Waals surface area contributed by atoms with Gasteiger partial charge < -0.3 is 15.5 Å². The van der Waals surface area contributed by atoms with Crippen LogP contribution < -0.4 is 16.0 Å². The first-order chi connectivity index (χ1) is 14.1. The summed E-state index contributed by atoms with van der Waals surface area (Å²) in [6.07, 6.45) is 1.90. The summed E-state index contributed by atoms with van der Waals surface area (Å²) < 4.78 is 0. The molecule has 0 spiro atoms. The zero-order valence-corrected chi connectivity index (χ0v) is 16.4. The highest BCUT2D eigenvalue weighted by Crippen LogP contribution is 2.29. The lowest BCUT2D eigenvalue weighted by molar-refractivity contribution is -0.136. The molecule has 0 radical (unpaired) electrons. The third kappa shape index (κ3) is 3.45. The van der Waals surface area contributed by atoms with Crippen LogP contribution in [0.3, 0.4) is 0 Å². The number of rotatable bonds is 5. The van der Waals surface area contributed by atoms with Gasteiger partial charge in [-0.2, -0.15) is 0 Å². The minimum absolute atomic E-state index is 0.115. The molecule has 4 unspecified atom stereocenters. The maximum atomic E-state index is 12.9. The van der Waals surface area contributed by atoms with Crippen LogP contribution in [0.25, 0.3) is 0 Å². The Labute approximate surface area is 170 Å². The van der Waals surface area contributed by atoms with E-state index in [4.69, 9.17) is 0 Å². The van der Waals surface area contributed by atoms with E-state index in [0.717, 1.165) is 30.8 Å². The number of piperazine rings is 1. The number of hydrogen-bond acceptors (Lipinski definition) is 6. The molecule has 4 aliphatic heterocycles. The topological polar surface area (TPSA) is 93.8 Å². The summed E-state index contributed by atoms with van der Waals surface area (Å²) in [6.45, 7) is 5.37. The van der Waals surface area contributed by atoms with Gasteiger partial charge in [0, 0.05) is 63.3 Å². The van der Waals surface area contributed by atoms with Crippen molar-refractivity contribution in [1.29, 1.82) is 0 Å². The molecule has 154 valence electrons. The zero-order valence-electron chi connectivity index (χ0n) is 16.4. The minimum atomic E-state index is -0.565. The molecule has 0 aliphatic carbocycles. The number of carbonyl (C=O) groups excluding carboxylic acids is 3. The highest BCUT2D eigenvalue weighted by Gasteiger charge is 2.39. The molecule has 2 bridgehead atoms. The fraction of sp³-hybridized carbons (Fsp3) is 0.571. The van der Waals surface area contributed by atoms with Crippen molar-refractivity contribution in [1.82, 2.24) is 25.8 Å². The van der Waals surface area contributed by atoms with Gasteiger partial charge in [-0.15, -0.1) is 0 Å². The Morgan fingerprint density at radius 1 is 1.17 bits per heavy atom. The predicted molar refractivity (Wildman–Crippen MR) is 106 cm³/mol. The molecule has 1 aromatic rings. The first kappa shape index (κ1) is 18.7. The first-order valence-electron chi connectivity index (χ1n) is 10.5. The molecule has 3 saturated heterocycles. The number of hydrogen-bond donors (Lipinski definition) is 3. The molecule has 29 heavy (non-hydrogen) atoms. The van der Waals surface area contributed by atoms with Crippen LogP contribution >= 0.6 is 0 Å². The van der Waals surface area contributed by atoms with Gasteiger partial charge in [0.05, 0.1) is 0 Å². The third-order valence-electron chi connectivity index (χ3n) is 6.75. The molecule has 1 aromatic carbocycles. The second-order valence-electron chi connectivity index (χ2n) is 8.52. The van der Waals surface area contributed by atoms with E-state index in [9.17, 15) is 14.4 Å². The summed E-state index contributed by atoms with van der Waals surface area (Å²) in [4.78, 5) is 40.7. The first-order valence-corrected chi connectivity index (χ1v) is 10.5. The Balaban J connectivity index is 1.24. The van der Waals surface area contributed by atoms with Gasteiger partial charge in [0.15, 0.2) is 0 Å². The Morgan fingerprint density at radius 2 is 2.07 bits per heavy atom. The van der Waals surface area contributed by atoms with E-state index in [0.29, 0.717) is 37.2 Å². The second-order valence-corrected chi connectivity index (χ2v) is 8.52. The summed E-state index contributed by atoms with van der Waals surface area (Å²) in [7, 11) is 0. The van der Waals surface area contributed by atoms with Crippen molar-refractivity contribution < 1.29 is 14.4 Å². The number of piperidine rings is 1. The number of fused-ring (bicyclic) bond motifs is 3. The predicted octanol–water partition coefficient (Wildman–Crippen LogP) is -0.417. The van der Waals surface area contributed by atoms with Crippen LogP contribution in [0, 0.1) is 0 Å². The number of carbonyl (C=O) groups is 3. The van der Waals surface area contributed by atoms with Crippen LogP contribution in [0.5, 0.6) is 0 Å². The van der Waals surface area contributed by atoms with Gasteiger partial charge in [-0.05, 0) is 30.0 Å². The van der Waals surface area contributed by atoms with Gasteiger partial charge in [-0.3, -0.25) is 24.6 Å². The van der Waals surface area contributed by atoms with E-state index in [1.54, 1.807) is 4.90 Å². The molecule has 4 aliphatic rings. The second kappa shape index (κ2) is 7.51. The summed E-state index contributed by atoms with van der Waals surface area (Å²) in [5.41, 5.74) is 2.78. The van der Waals surface area contributed by atoms with Gasteiger partial charge in [-0.1, -0.05) is 12.1 Å². The van der Waals surface area contributed by atoms with Gasteiger partial charge in [0.25, 0.3) is 5.91 Å². The Bertz CT molecular complexity index is 857. The number of nitrogens with one attached hydrogen (secondary N) is 3. The molecule has 3 N–H and O–H groups in total. The van der Waals surface area contributed by atoms with E-state index in [-0.39, 0.29) is 24.1 Å². The molecule has 8 nitrogen and oxygen atoms in total. The smallest absolute Gasteiger partial charge is 0.255 e. The quantitative estimate of drug-likeness (QED) is 0.585. The van der Waals surface area contributed by atoms with Crippen molar-refractivity contribution in [2.45, 2.75) is 50.5 Å². The maximum absolute atomic E-state index is 12.9. The van der Waals surface area contributed by atoms with E-state index in [1.807, 2.05) is 12.1 Å². The highest BCUT2D eigenvalue weighted by atomic mass is 16.2. The molecule has 3 amide bonds. The van der Waals surface area contributed by atoms with Crippen molar-refractivity contribution in [3.63, 3.8) is 0 Å². The van der Waals surface area contributed by atoms with Gasteiger partial charge in [-0.25, -0.2) is 0 Å². The summed E-state index contributed by atoms with van der Waals surface area (Å²) in [5, 5.41) is 9.54. The number of imide groups is 1. The Hall–Kier alpha value is -2.29. The van der Waals surface area contributed by atoms with Crippen LogP contribution in [0.4, 0.5) is 0 Å². The normalized spacial score (nSPS) is 31.2. The largest absolute Gasteiger partial charge is 0.322 e. The van der Waals surface area contributed by atoms with Gasteiger partial charge in [0.2, 0.25) is 11.8 Å². The summed E-state index contributed by atoms with van der Waals surface area (Å²) in [5.74, 6) is -0.742.